The maximum Gasteiger partial charge on any atom is 0.300 e. The standard InChI is InChI=1S/C13H8FN3O6/c14-7-2-1-3-8(4-7)15-12-10(13(18)19)5-9(16(20)21)6-11(12)17(22)23/h1-6,15H,(H,18,19)/p-1. The summed E-state index contributed by atoms with van der Waals surface area (Å²) in [4.78, 5) is 31.1. The van der Waals surface area contributed by atoms with E-state index in [0.717, 1.165) is 12.1 Å². The number of anilines is 2. The number of aromatic carboxylic acids is 1. The molecule has 0 bridgehead atoms. The first-order valence-corrected chi connectivity index (χ1v) is 6.00. The lowest BCUT2D eigenvalue weighted by molar-refractivity contribution is -0.393. The van der Waals surface area contributed by atoms with E-state index in [1.807, 2.05) is 0 Å². The molecule has 2 aromatic carbocycles. The van der Waals surface area contributed by atoms with Crippen LogP contribution in [0.25, 0.3) is 0 Å². The lowest BCUT2D eigenvalue weighted by Gasteiger charge is -2.13. The molecule has 0 aliphatic rings. The van der Waals surface area contributed by atoms with Crippen LogP contribution in [0, 0.1) is 26.0 Å². The minimum absolute atomic E-state index is 0.0319. The van der Waals surface area contributed by atoms with Gasteiger partial charge in [0.25, 0.3) is 11.4 Å². The van der Waals surface area contributed by atoms with Crippen molar-refractivity contribution < 1.29 is 24.1 Å². The fourth-order valence-corrected chi connectivity index (χ4v) is 1.86. The van der Waals surface area contributed by atoms with Crippen molar-refractivity contribution in [3.05, 3.63) is 68.0 Å². The number of nitrogens with one attached hydrogen (secondary N) is 1. The summed E-state index contributed by atoms with van der Waals surface area (Å²) < 4.78 is 13.2. The molecule has 0 atom stereocenters. The molecule has 0 saturated carbocycles. The highest BCUT2D eigenvalue weighted by Gasteiger charge is 2.25. The molecule has 23 heavy (non-hydrogen) atoms. The monoisotopic (exact) mass is 320 g/mol. The first kappa shape index (κ1) is 15.8. The van der Waals surface area contributed by atoms with E-state index in [0.29, 0.717) is 12.1 Å². The minimum atomic E-state index is -1.85. The summed E-state index contributed by atoms with van der Waals surface area (Å²) in [7, 11) is 0. The van der Waals surface area contributed by atoms with Gasteiger partial charge in [0.05, 0.1) is 21.9 Å². The van der Waals surface area contributed by atoms with Crippen LogP contribution in [-0.4, -0.2) is 15.8 Å². The van der Waals surface area contributed by atoms with Crippen molar-refractivity contribution in [2.45, 2.75) is 0 Å². The predicted molar refractivity (Wildman–Crippen MR) is 73.8 cm³/mol. The molecular weight excluding hydrogens is 313 g/mol. The number of carboxylic acids is 1. The van der Waals surface area contributed by atoms with E-state index in [4.69, 9.17) is 0 Å². The number of hydrogen-bond acceptors (Lipinski definition) is 7. The van der Waals surface area contributed by atoms with Gasteiger partial charge < -0.3 is 15.2 Å². The molecule has 1 N–H and O–H groups in total. The number of benzene rings is 2. The van der Waals surface area contributed by atoms with Crippen molar-refractivity contribution in [2.24, 2.45) is 0 Å². The number of carbonyl (C=O) groups is 1. The Morgan fingerprint density at radius 3 is 2.30 bits per heavy atom. The average molecular weight is 320 g/mol. The third-order valence-electron chi connectivity index (χ3n) is 2.82. The number of rotatable bonds is 5. The molecule has 0 saturated heterocycles. The van der Waals surface area contributed by atoms with Crippen molar-refractivity contribution in [3.8, 4) is 0 Å². The normalized spacial score (nSPS) is 10.1. The largest absolute Gasteiger partial charge is 0.545 e. The van der Waals surface area contributed by atoms with Gasteiger partial charge in [-0.1, -0.05) is 6.07 Å². The molecule has 0 radical (unpaired) electrons. The summed E-state index contributed by atoms with van der Waals surface area (Å²) in [5.41, 5.74) is -2.91. The Bertz CT molecular complexity index is 788. The van der Waals surface area contributed by atoms with E-state index in [2.05, 4.69) is 5.32 Å². The zero-order valence-electron chi connectivity index (χ0n) is 11.2. The fourth-order valence-electron chi connectivity index (χ4n) is 1.86. The van der Waals surface area contributed by atoms with E-state index in [1.54, 1.807) is 0 Å². The number of carboxylic acid groups (broad SMARTS) is 1. The number of carbonyl (C=O) groups excluding carboxylic acids is 1. The second kappa shape index (κ2) is 6.05. The predicted octanol–water partition coefficient (Wildman–Crippen LogP) is 1.75. The second-order valence-electron chi connectivity index (χ2n) is 4.32. The molecule has 0 unspecified atom stereocenters. The van der Waals surface area contributed by atoms with Crippen LogP contribution < -0.4 is 10.4 Å². The maximum atomic E-state index is 13.2. The molecule has 10 heteroatoms. The van der Waals surface area contributed by atoms with Crippen LogP contribution in [0.15, 0.2) is 36.4 Å². The van der Waals surface area contributed by atoms with Crippen LogP contribution in [0.4, 0.5) is 27.1 Å². The SMILES string of the molecule is O=C([O-])c1cc([N+](=O)[O-])cc([N+](=O)[O-])c1Nc1cccc(F)c1. The maximum absolute atomic E-state index is 13.2. The molecule has 0 aliphatic carbocycles. The molecule has 2 rings (SSSR count). The van der Waals surface area contributed by atoms with E-state index in [9.17, 15) is 34.5 Å². The Labute approximate surface area is 127 Å². The number of hydrogen-bond donors (Lipinski definition) is 1. The van der Waals surface area contributed by atoms with Crippen molar-refractivity contribution >= 4 is 28.7 Å². The van der Waals surface area contributed by atoms with E-state index in [-0.39, 0.29) is 5.69 Å². The Morgan fingerprint density at radius 1 is 1.09 bits per heavy atom. The Kier molecular flexibility index (Phi) is 4.16. The molecule has 0 fully saturated rings. The highest BCUT2D eigenvalue weighted by atomic mass is 19.1. The minimum Gasteiger partial charge on any atom is -0.545 e. The molecule has 0 heterocycles. The summed E-state index contributed by atoms with van der Waals surface area (Å²) in [5.74, 6) is -2.51. The van der Waals surface area contributed by atoms with Gasteiger partial charge >= 0.3 is 0 Å². The van der Waals surface area contributed by atoms with Crippen molar-refractivity contribution in [1.82, 2.24) is 0 Å². The summed E-state index contributed by atoms with van der Waals surface area (Å²) in [6, 6.07) is 5.97. The first-order valence-electron chi connectivity index (χ1n) is 6.00. The molecule has 2 aromatic rings. The summed E-state index contributed by atoms with van der Waals surface area (Å²) in [6.07, 6.45) is 0. The summed E-state index contributed by atoms with van der Waals surface area (Å²) in [6.45, 7) is 0. The summed E-state index contributed by atoms with van der Waals surface area (Å²) in [5, 5.41) is 35.4. The van der Waals surface area contributed by atoms with Crippen LogP contribution in [0.3, 0.4) is 0 Å². The number of nitro benzene ring substituents is 2. The Morgan fingerprint density at radius 2 is 1.78 bits per heavy atom. The van der Waals surface area contributed by atoms with E-state index < -0.39 is 44.3 Å². The van der Waals surface area contributed by atoms with Crippen LogP contribution in [-0.2, 0) is 0 Å². The van der Waals surface area contributed by atoms with Crippen molar-refractivity contribution in [1.29, 1.82) is 0 Å². The second-order valence-corrected chi connectivity index (χ2v) is 4.32. The van der Waals surface area contributed by atoms with Gasteiger partial charge in [0.1, 0.15) is 11.5 Å². The Hall–Kier alpha value is -3.56. The molecule has 0 aromatic heterocycles. The molecule has 0 spiro atoms. The smallest absolute Gasteiger partial charge is 0.300 e. The van der Waals surface area contributed by atoms with Crippen LogP contribution in [0.1, 0.15) is 10.4 Å². The lowest BCUT2D eigenvalue weighted by Crippen LogP contribution is -2.24. The highest BCUT2D eigenvalue weighted by molar-refractivity contribution is 5.98. The van der Waals surface area contributed by atoms with E-state index in [1.165, 1.54) is 12.1 Å². The average Bonchev–Trinajstić information content (AvgIpc) is 2.46. The van der Waals surface area contributed by atoms with Crippen LogP contribution in [0.2, 0.25) is 0 Å². The number of halogens is 1. The van der Waals surface area contributed by atoms with Gasteiger partial charge in [0.15, 0.2) is 0 Å². The topological polar surface area (TPSA) is 138 Å². The van der Waals surface area contributed by atoms with Gasteiger partial charge in [0, 0.05) is 17.3 Å². The van der Waals surface area contributed by atoms with Crippen molar-refractivity contribution in [2.75, 3.05) is 5.32 Å². The van der Waals surface area contributed by atoms with Gasteiger partial charge in [-0.25, -0.2) is 4.39 Å². The molecular formula is C13H7FN3O6-. The molecule has 0 aliphatic heterocycles. The fraction of sp³-hybridized carbons (Fsp3) is 0. The lowest BCUT2D eigenvalue weighted by atomic mass is 10.1. The molecule has 0 amide bonds. The van der Waals surface area contributed by atoms with Crippen LogP contribution in [0.5, 0.6) is 0 Å². The number of non-ortho nitro benzene ring substituents is 1. The van der Waals surface area contributed by atoms with Gasteiger partial charge in [0.2, 0.25) is 0 Å². The third kappa shape index (κ3) is 3.37. The van der Waals surface area contributed by atoms with E-state index >= 15 is 0 Å². The van der Waals surface area contributed by atoms with Gasteiger partial charge in [-0.05, 0) is 18.2 Å². The van der Waals surface area contributed by atoms with Crippen molar-refractivity contribution in [3.63, 3.8) is 0 Å². The zero-order chi connectivity index (χ0) is 17.1. The molecule has 118 valence electrons. The van der Waals surface area contributed by atoms with Gasteiger partial charge in [-0.3, -0.25) is 20.2 Å². The third-order valence-corrected chi connectivity index (χ3v) is 2.82. The van der Waals surface area contributed by atoms with Gasteiger partial charge in [-0.15, -0.1) is 0 Å². The van der Waals surface area contributed by atoms with Crippen LogP contribution >= 0.6 is 0 Å². The quantitative estimate of drug-likeness (QED) is 0.654. The summed E-state index contributed by atoms with van der Waals surface area (Å²) >= 11 is 0. The first-order chi connectivity index (χ1) is 10.8. The molecule has 9 nitrogen and oxygen atoms in total. The van der Waals surface area contributed by atoms with Gasteiger partial charge in [-0.2, -0.15) is 0 Å². The zero-order valence-corrected chi connectivity index (χ0v) is 11.2. The number of nitro groups is 2. The highest BCUT2D eigenvalue weighted by Crippen LogP contribution is 2.35. The number of nitrogens with zero attached hydrogens (tertiary/aromatic N) is 2. The Balaban J connectivity index is 2.66.